The third kappa shape index (κ3) is 8.04. The van der Waals surface area contributed by atoms with Crippen molar-refractivity contribution in [3.05, 3.63) is 0 Å². The van der Waals surface area contributed by atoms with Crippen LogP contribution in [0.3, 0.4) is 0 Å². The van der Waals surface area contributed by atoms with Gasteiger partial charge in [-0.15, -0.1) is 0 Å². The molecule has 5 heteroatoms. The van der Waals surface area contributed by atoms with Crippen LogP contribution in [0.5, 0.6) is 0 Å². The number of carbonyl (C=O) groups is 1. The van der Waals surface area contributed by atoms with Gasteiger partial charge in [-0.05, 0) is 24.9 Å². The zero-order valence-corrected chi connectivity index (χ0v) is 11.8. The first-order chi connectivity index (χ1) is 8.45. The van der Waals surface area contributed by atoms with Gasteiger partial charge in [0.05, 0.1) is 19.0 Å². The average molecular weight is 254 g/mol. The van der Waals surface area contributed by atoms with Gasteiger partial charge in [0.25, 0.3) is 0 Å². The Kier molecular flexibility index (Phi) is 8.34. The van der Waals surface area contributed by atoms with Crippen molar-refractivity contribution < 1.29 is 4.79 Å². The van der Waals surface area contributed by atoms with E-state index >= 15 is 0 Å². The molecule has 0 aliphatic rings. The van der Waals surface area contributed by atoms with Crippen LogP contribution in [0, 0.1) is 16.7 Å². The van der Waals surface area contributed by atoms with Crippen molar-refractivity contribution in [2.45, 2.75) is 33.6 Å². The van der Waals surface area contributed by atoms with E-state index in [9.17, 15) is 4.79 Å². The lowest BCUT2D eigenvalue weighted by Crippen LogP contribution is -2.44. The molecule has 0 rings (SSSR count). The minimum Gasteiger partial charge on any atom is -0.354 e. The summed E-state index contributed by atoms with van der Waals surface area (Å²) in [6, 6.07) is 2.00. The smallest absolute Gasteiger partial charge is 0.234 e. The van der Waals surface area contributed by atoms with Crippen LogP contribution >= 0.6 is 0 Å². The molecule has 0 fully saturated rings. The van der Waals surface area contributed by atoms with Crippen LogP contribution in [-0.2, 0) is 4.79 Å². The lowest BCUT2D eigenvalue weighted by Gasteiger charge is -2.31. The summed E-state index contributed by atoms with van der Waals surface area (Å²) in [6.45, 7) is 9.39. The number of carbonyl (C=O) groups excluding carboxylic acids is 1. The molecular formula is C13H26N4O. The number of nitrogens with two attached hydrogens (primary N) is 1. The Hall–Kier alpha value is -1.12. The minimum absolute atomic E-state index is 0.0160. The Morgan fingerprint density at radius 2 is 2.17 bits per heavy atom. The summed E-state index contributed by atoms with van der Waals surface area (Å²) in [5.41, 5.74) is 5.73. The number of nitriles is 1. The molecule has 1 amide bonds. The predicted molar refractivity (Wildman–Crippen MR) is 72.8 cm³/mol. The van der Waals surface area contributed by atoms with Crippen molar-refractivity contribution in [3.8, 4) is 6.07 Å². The van der Waals surface area contributed by atoms with Crippen molar-refractivity contribution in [2.75, 3.05) is 32.7 Å². The quantitative estimate of drug-likeness (QED) is 0.594. The van der Waals surface area contributed by atoms with E-state index in [1.165, 1.54) is 0 Å². The van der Waals surface area contributed by atoms with Crippen LogP contribution in [0.1, 0.15) is 33.6 Å². The Balaban J connectivity index is 4.18. The maximum Gasteiger partial charge on any atom is 0.234 e. The molecule has 0 aromatic carbocycles. The van der Waals surface area contributed by atoms with Crippen molar-refractivity contribution in [2.24, 2.45) is 11.1 Å². The van der Waals surface area contributed by atoms with Gasteiger partial charge >= 0.3 is 0 Å². The van der Waals surface area contributed by atoms with E-state index in [-0.39, 0.29) is 11.3 Å². The molecule has 5 nitrogen and oxygen atoms in total. The van der Waals surface area contributed by atoms with Crippen LogP contribution in [0.2, 0.25) is 0 Å². The van der Waals surface area contributed by atoms with E-state index < -0.39 is 0 Å². The van der Waals surface area contributed by atoms with Gasteiger partial charge in [0.1, 0.15) is 0 Å². The number of nitrogens with zero attached hydrogens (tertiary/aromatic N) is 2. The van der Waals surface area contributed by atoms with Gasteiger partial charge in [0, 0.05) is 13.1 Å². The molecule has 0 saturated heterocycles. The van der Waals surface area contributed by atoms with Gasteiger partial charge in [-0.1, -0.05) is 20.8 Å². The molecule has 0 aromatic heterocycles. The number of hydrogen-bond donors (Lipinski definition) is 2. The first kappa shape index (κ1) is 16.9. The number of hydrogen-bond acceptors (Lipinski definition) is 4. The fourth-order valence-corrected chi connectivity index (χ4v) is 1.72. The highest BCUT2D eigenvalue weighted by Crippen LogP contribution is 2.14. The van der Waals surface area contributed by atoms with Gasteiger partial charge < -0.3 is 11.1 Å². The van der Waals surface area contributed by atoms with E-state index in [4.69, 9.17) is 11.0 Å². The summed E-state index contributed by atoms with van der Waals surface area (Å²) < 4.78 is 0. The van der Waals surface area contributed by atoms with Crippen molar-refractivity contribution in [3.63, 3.8) is 0 Å². The fraction of sp³-hybridized carbons (Fsp3) is 0.846. The molecule has 0 aromatic rings. The molecule has 0 spiro atoms. The van der Waals surface area contributed by atoms with Gasteiger partial charge in [0.2, 0.25) is 5.91 Å². The molecule has 0 bridgehead atoms. The van der Waals surface area contributed by atoms with Gasteiger partial charge in [0.15, 0.2) is 0 Å². The maximum atomic E-state index is 11.7. The predicted octanol–water partition coefficient (Wildman–Crippen LogP) is 0.713. The highest BCUT2D eigenvalue weighted by molar-refractivity contribution is 5.78. The summed E-state index contributed by atoms with van der Waals surface area (Å²) in [6.07, 6.45) is 1.36. The molecule has 0 aliphatic heterocycles. The van der Waals surface area contributed by atoms with Crippen molar-refractivity contribution >= 4 is 5.91 Å². The normalized spacial score (nSPS) is 11.3. The monoisotopic (exact) mass is 254 g/mol. The topological polar surface area (TPSA) is 82.2 Å². The highest BCUT2D eigenvalue weighted by atomic mass is 16.2. The molecule has 0 saturated carbocycles. The van der Waals surface area contributed by atoms with Crippen molar-refractivity contribution in [1.82, 2.24) is 10.2 Å². The van der Waals surface area contributed by atoms with E-state index in [2.05, 4.69) is 31.0 Å². The minimum atomic E-state index is -0.0217. The summed E-state index contributed by atoms with van der Waals surface area (Å²) in [7, 11) is 0. The van der Waals surface area contributed by atoms with Crippen molar-refractivity contribution in [1.29, 1.82) is 5.26 Å². The molecule has 0 radical (unpaired) electrons. The van der Waals surface area contributed by atoms with E-state index in [1.54, 1.807) is 0 Å². The standard InChI is InChI=1S/C13H26N4O/c1-4-8-17(11-13(2,3)10-15)9-12(18)16-7-5-6-14/h4-5,7-11,15H2,1-3H3,(H,16,18). The number of amides is 1. The Morgan fingerprint density at radius 3 is 2.67 bits per heavy atom. The molecule has 0 atom stereocenters. The summed E-state index contributed by atoms with van der Waals surface area (Å²) >= 11 is 0. The van der Waals surface area contributed by atoms with Crippen LogP contribution in [-0.4, -0.2) is 43.5 Å². The summed E-state index contributed by atoms with van der Waals surface area (Å²) in [5.74, 6) is -0.0217. The third-order valence-electron chi connectivity index (χ3n) is 2.67. The lowest BCUT2D eigenvalue weighted by atomic mass is 9.93. The SMILES string of the molecule is CCCN(CC(=O)NCCC#N)CC(C)(C)CN. The molecular weight excluding hydrogens is 228 g/mol. The second-order valence-corrected chi connectivity index (χ2v) is 5.34. The first-order valence-corrected chi connectivity index (χ1v) is 6.51. The Bertz CT molecular complexity index is 283. The average Bonchev–Trinajstić information content (AvgIpc) is 2.29. The molecule has 0 unspecified atom stereocenters. The molecule has 104 valence electrons. The van der Waals surface area contributed by atoms with E-state index in [0.717, 1.165) is 19.5 Å². The van der Waals surface area contributed by atoms with Crippen LogP contribution < -0.4 is 11.1 Å². The number of rotatable bonds is 9. The lowest BCUT2D eigenvalue weighted by molar-refractivity contribution is -0.122. The summed E-state index contributed by atoms with van der Waals surface area (Å²) in [5, 5.41) is 11.1. The molecule has 0 aliphatic carbocycles. The second-order valence-electron chi connectivity index (χ2n) is 5.34. The molecule has 0 heterocycles. The van der Waals surface area contributed by atoms with Crippen LogP contribution in [0.4, 0.5) is 0 Å². The first-order valence-electron chi connectivity index (χ1n) is 6.51. The Morgan fingerprint density at radius 1 is 1.50 bits per heavy atom. The van der Waals surface area contributed by atoms with E-state index in [0.29, 0.717) is 26.1 Å². The molecule has 18 heavy (non-hydrogen) atoms. The van der Waals surface area contributed by atoms with Gasteiger partial charge in [-0.2, -0.15) is 5.26 Å². The fourth-order valence-electron chi connectivity index (χ4n) is 1.72. The van der Waals surface area contributed by atoms with Crippen LogP contribution in [0.25, 0.3) is 0 Å². The van der Waals surface area contributed by atoms with Gasteiger partial charge in [-0.3, -0.25) is 9.69 Å². The van der Waals surface area contributed by atoms with E-state index in [1.807, 2.05) is 6.07 Å². The number of nitrogens with one attached hydrogen (secondary N) is 1. The maximum absolute atomic E-state index is 11.7. The second kappa shape index (κ2) is 8.90. The Labute approximate surface area is 110 Å². The zero-order chi connectivity index (χ0) is 14.0. The largest absolute Gasteiger partial charge is 0.354 e. The summed E-state index contributed by atoms with van der Waals surface area (Å²) in [4.78, 5) is 13.8. The zero-order valence-electron chi connectivity index (χ0n) is 11.8. The highest BCUT2D eigenvalue weighted by Gasteiger charge is 2.21. The van der Waals surface area contributed by atoms with Gasteiger partial charge in [-0.25, -0.2) is 0 Å². The van der Waals surface area contributed by atoms with Crippen LogP contribution in [0.15, 0.2) is 0 Å². The molecule has 3 N–H and O–H groups in total. The third-order valence-corrected chi connectivity index (χ3v) is 2.67.